The van der Waals surface area contributed by atoms with Crippen molar-refractivity contribution in [2.24, 2.45) is 0 Å². The molecule has 0 saturated carbocycles. The normalized spacial score (nSPS) is 13.4. The van der Waals surface area contributed by atoms with Crippen LogP contribution in [0.5, 0.6) is 0 Å². The Morgan fingerprint density at radius 2 is 0.836 bits per heavy atom. The Balaban J connectivity index is 4.16. The molecule has 0 rings (SSSR count). The van der Waals surface area contributed by atoms with Crippen LogP contribution in [-0.4, -0.2) is 68.3 Å². The second kappa shape index (κ2) is 46.5. The van der Waals surface area contributed by atoms with Crippen LogP contribution >= 0.6 is 7.82 Å². The third kappa shape index (κ3) is 47.8. The van der Waals surface area contributed by atoms with Crippen molar-refractivity contribution in [1.82, 2.24) is 4.90 Å². The predicted octanol–water partition coefficient (Wildman–Crippen LogP) is 15.3. The molecule has 0 spiro atoms. The molecule has 0 aromatic rings. The Morgan fingerprint density at radius 1 is 0.492 bits per heavy atom. The zero-order valence-corrected chi connectivity index (χ0v) is 41.3. The molecule has 2 unspecified atom stereocenters. The Labute approximate surface area is 376 Å². The van der Waals surface area contributed by atoms with E-state index in [2.05, 4.69) is 38.2 Å². The molecule has 0 radical (unpaired) electrons. The summed E-state index contributed by atoms with van der Waals surface area (Å²) in [7, 11) is -0.708. The van der Waals surface area contributed by atoms with Crippen LogP contribution in [0.25, 0.3) is 0 Å². The molecule has 360 valence electrons. The maximum Gasteiger partial charge on any atom is 0.472 e. The molecule has 0 amide bonds. The van der Waals surface area contributed by atoms with E-state index in [1.807, 2.05) is 19.0 Å². The lowest BCUT2D eigenvalue weighted by Crippen LogP contribution is -2.29. The molecule has 1 N–H and O–H groups in total. The van der Waals surface area contributed by atoms with Crippen LogP contribution in [0.15, 0.2) is 24.3 Å². The molecule has 0 aromatic carbocycles. The lowest BCUT2D eigenvalue weighted by atomic mass is 10.0. The number of carbonyl (C=O) groups is 2. The van der Waals surface area contributed by atoms with Gasteiger partial charge in [-0.2, -0.15) is 0 Å². The van der Waals surface area contributed by atoms with Gasteiger partial charge in [-0.25, -0.2) is 4.57 Å². The smallest absolute Gasteiger partial charge is 0.462 e. The van der Waals surface area contributed by atoms with Gasteiger partial charge in [0, 0.05) is 19.4 Å². The van der Waals surface area contributed by atoms with Crippen LogP contribution in [-0.2, 0) is 32.7 Å². The highest BCUT2D eigenvalue weighted by atomic mass is 31.2. The molecule has 0 heterocycles. The zero-order chi connectivity index (χ0) is 44.8. The van der Waals surface area contributed by atoms with Crippen LogP contribution in [0.1, 0.15) is 245 Å². The van der Waals surface area contributed by atoms with Crippen molar-refractivity contribution in [3.63, 3.8) is 0 Å². The van der Waals surface area contributed by atoms with E-state index in [0.717, 1.165) is 44.9 Å². The van der Waals surface area contributed by atoms with Gasteiger partial charge in [-0.05, 0) is 78.3 Å². The third-order valence-electron chi connectivity index (χ3n) is 11.2. The van der Waals surface area contributed by atoms with Crippen molar-refractivity contribution >= 4 is 19.8 Å². The number of allylic oxidation sites excluding steroid dienone is 4. The van der Waals surface area contributed by atoms with Gasteiger partial charge in [0.25, 0.3) is 0 Å². The van der Waals surface area contributed by atoms with Crippen molar-refractivity contribution in [2.45, 2.75) is 251 Å². The van der Waals surface area contributed by atoms with E-state index in [0.29, 0.717) is 13.0 Å². The topological polar surface area (TPSA) is 112 Å². The fraction of sp³-hybridized carbons (Fsp3) is 0.882. The predicted molar refractivity (Wildman–Crippen MR) is 257 cm³/mol. The summed E-state index contributed by atoms with van der Waals surface area (Å²) >= 11 is 0. The number of hydrogen-bond acceptors (Lipinski definition) is 8. The van der Waals surface area contributed by atoms with Crippen molar-refractivity contribution in [3.05, 3.63) is 24.3 Å². The third-order valence-corrected chi connectivity index (χ3v) is 12.2. The molecule has 0 saturated heterocycles. The molecule has 0 fully saturated rings. The molecule has 0 bridgehead atoms. The second-order valence-corrected chi connectivity index (χ2v) is 19.1. The van der Waals surface area contributed by atoms with E-state index >= 15 is 0 Å². The van der Waals surface area contributed by atoms with Gasteiger partial charge in [0.2, 0.25) is 0 Å². The second-order valence-electron chi connectivity index (χ2n) is 17.7. The zero-order valence-electron chi connectivity index (χ0n) is 40.4. The van der Waals surface area contributed by atoms with Gasteiger partial charge >= 0.3 is 19.8 Å². The summed E-state index contributed by atoms with van der Waals surface area (Å²) in [6, 6.07) is 0. The molecule has 0 aliphatic rings. The number of likely N-dealkylation sites (N-methyl/N-ethyl adjacent to an activating group) is 1. The minimum atomic E-state index is -4.37. The first kappa shape index (κ1) is 59.5. The summed E-state index contributed by atoms with van der Waals surface area (Å²) in [5.41, 5.74) is 0. The number of phosphoric acid groups is 1. The minimum Gasteiger partial charge on any atom is -0.462 e. The van der Waals surface area contributed by atoms with Crippen molar-refractivity contribution < 1.29 is 37.6 Å². The van der Waals surface area contributed by atoms with Gasteiger partial charge in [-0.15, -0.1) is 0 Å². The summed E-state index contributed by atoms with van der Waals surface area (Å²) in [4.78, 5) is 37.2. The maximum absolute atomic E-state index is 12.7. The van der Waals surface area contributed by atoms with Crippen molar-refractivity contribution in [1.29, 1.82) is 0 Å². The summed E-state index contributed by atoms with van der Waals surface area (Å²) < 4.78 is 33.6. The fourth-order valence-electron chi connectivity index (χ4n) is 7.27. The van der Waals surface area contributed by atoms with E-state index in [1.54, 1.807) is 0 Å². The molecule has 0 aliphatic heterocycles. The largest absolute Gasteiger partial charge is 0.472 e. The summed E-state index contributed by atoms with van der Waals surface area (Å²) in [6.45, 7) is 4.35. The van der Waals surface area contributed by atoms with Gasteiger partial charge in [0.1, 0.15) is 6.61 Å². The Morgan fingerprint density at radius 3 is 1.21 bits per heavy atom. The molecule has 0 aliphatic carbocycles. The van der Waals surface area contributed by atoms with E-state index in [4.69, 9.17) is 18.5 Å². The van der Waals surface area contributed by atoms with E-state index in [9.17, 15) is 19.0 Å². The maximum atomic E-state index is 12.7. The lowest BCUT2D eigenvalue weighted by Gasteiger charge is -2.20. The number of hydrogen-bond donors (Lipinski definition) is 1. The Kier molecular flexibility index (Phi) is 45.3. The number of phosphoric ester groups is 1. The first-order valence-corrected chi connectivity index (χ1v) is 27.1. The van der Waals surface area contributed by atoms with Crippen LogP contribution in [0, 0.1) is 0 Å². The fourth-order valence-corrected chi connectivity index (χ4v) is 8.01. The van der Waals surface area contributed by atoms with Gasteiger partial charge in [-0.3, -0.25) is 18.6 Å². The quantitative estimate of drug-likeness (QED) is 0.0276. The van der Waals surface area contributed by atoms with Crippen molar-refractivity contribution in [3.8, 4) is 0 Å². The lowest BCUT2D eigenvalue weighted by molar-refractivity contribution is -0.161. The monoisotopic (exact) mass is 884 g/mol. The minimum absolute atomic E-state index is 0.00819. The molecule has 2 atom stereocenters. The number of carbonyl (C=O) groups excluding carboxylic acids is 2. The van der Waals surface area contributed by atoms with Crippen molar-refractivity contribution in [2.75, 3.05) is 40.5 Å². The van der Waals surface area contributed by atoms with Gasteiger partial charge in [0.15, 0.2) is 6.10 Å². The van der Waals surface area contributed by atoms with E-state index in [1.165, 1.54) is 167 Å². The molecular formula is C51H98NO8P. The van der Waals surface area contributed by atoms with Gasteiger partial charge in [-0.1, -0.05) is 192 Å². The van der Waals surface area contributed by atoms with Gasteiger partial charge < -0.3 is 19.3 Å². The number of nitrogens with zero attached hydrogens (tertiary/aromatic N) is 1. The number of unbranched alkanes of at least 4 members (excludes halogenated alkanes) is 30. The first-order valence-electron chi connectivity index (χ1n) is 25.6. The van der Waals surface area contributed by atoms with Crippen LogP contribution < -0.4 is 0 Å². The number of ether oxygens (including phenoxy) is 2. The molecule has 61 heavy (non-hydrogen) atoms. The molecule has 0 aromatic heterocycles. The SMILES string of the molecule is CCCCCCCC/C=C\CCCCCCCCCCCCCC(=O)OCC(COP(=O)(O)OCCN(C)C)OC(=O)CCCCCCCCC/C=C\CCCCCCCC. The summed E-state index contributed by atoms with van der Waals surface area (Å²) in [6.07, 6.45) is 50.8. The highest BCUT2D eigenvalue weighted by Crippen LogP contribution is 2.43. The summed E-state index contributed by atoms with van der Waals surface area (Å²) in [5.74, 6) is -0.798. The van der Waals surface area contributed by atoms with Crippen LogP contribution in [0.2, 0.25) is 0 Å². The van der Waals surface area contributed by atoms with Gasteiger partial charge in [0.05, 0.1) is 13.2 Å². The van der Waals surface area contributed by atoms with E-state index < -0.39 is 26.5 Å². The average molecular weight is 884 g/mol. The highest BCUT2D eigenvalue weighted by molar-refractivity contribution is 7.47. The first-order chi connectivity index (χ1) is 29.7. The number of rotatable bonds is 48. The molecular weight excluding hydrogens is 786 g/mol. The standard InChI is InChI=1S/C51H98NO8P/c1-5-7-9-11-13-15-17-19-21-23-24-25-26-28-29-31-33-35-37-39-41-43-50(53)57-47-49(48-59-61(55,56)58-46-45-52(3)4)60-51(54)44-42-40-38-36-34-32-30-27-22-20-18-16-14-12-10-8-6-2/h19-22,49H,5-18,23-48H2,1-4H3,(H,55,56)/b21-19-,22-20-. The summed E-state index contributed by atoms with van der Waals surface area (Å²) in [5, 5.41) is 0. The van der Waals surface area contributed by atoms with Crippen LogP contribution in [0.3, 0.4) is 0 Å². The van der Waals surface area contributed by atoms with E-state index in [-0.39, 0.29) is 32.0 Å². The average Bonchev–Trinajstić information content (AvgIpc) is 3.23. The number of esters is 2. The molecule has 10 heteroatoms. The highest BCUT2D eigenvalue weighted by Gasteiger charge is 2.26. The Bertz CT molecular complexity index is 1070. The van der Waals surface area contributed by atoms with Crippen LogP contribution in [0.4, 0.5) is 0 Å². The molecule has 9 nitrogen and oxygen atoms in total. The Hall–Kier alpha value is -1.51.